The Balaban J connectivity index is 2.39. The van der Waals surface area contributed by atoms with Crippen LogP contribution in [0, 0.1) is 6.92 Å². The lowest BCUT2D eigenvalue weighted by atomic mass is 10.3. The average Bonchev–Trinajstić information content (AvgIpc) is 2.84. The molecule has 100 valence electrons. The van der Waals surface area contributed by atoms with Crippen molar-refractivity contribution in [1.82, 2.24) is 14.5 Å². The number of imidazole rings is 1. The van der Waals surface area contributed by atoms with E-state index >= 15 is 0 Å². The normalized spacial score (nSPS) is 10.3. The van der Waals surface area contributed by atoms with Gasteiger partial charge in [-0.3, -0.25) is 0 Å². The van der Waals surface area contributed by atoms with Crippen LogP contribution in [0.5, 0.6) is 5.88 Å². The zero-order valence-corrected chi connectivity index (χ0v) is 11.4. The number of ether oxygens (including phenoxy) is 2. The van der Waals surface area contributed by atoms with Crippen molar-refractivity contribution in [3.8, 4) is 11.6 Å². The summed E-state index contributed by atoms with van der Waals surface area (Å²) >= 11 is 0. The van der Waals surface area contributed by atoms with Gasteiger partial charge in [-0.25, -0.2) is 9.97 Å². The van der Waals surface area contributed by atoms with Gasteiger partial charge in [-0.15, -0.1) is 0 Å². The molecule has 19 heavy (non-hydrogen) atoms. The molecule has 0 aliphatic heterocycles. The highest BCUT2D eigenvalue weighted by Gasteiger charge is 2.10. The summed E-state index contributed by atoms with van der Waals surface area (Å²) in [4.78, 5) is 8.59. The zero-order chi connectivity index (χ0) is 13.8. The molecule has 0 aromatic carbocycles. The van der Waals surface area contributed by atoms with E-state index in [0.717, 1.165) is 11.4 Å². The molecular weight excluding hydrogens is 242 g/mol. The first kappa shape index (κ1) is 13.1. The molecule has 0 unspecified atom stereocenters. The summed E-state index contributed by atoms with van der Waals surface area (Å²) in [5.41, 5.74) is 2.43. The molecule has 0 aliphatic carbocycles. The number of hydrogen-bond acceptors (Lipinski definition) is 4. The van der Waals surface area contributed by atoms with E-state index in [2.05, 4.69) is 16.5 Å². The third kappa shape index (κ3) is 2.76. The van der Waals surface area contributed by atoms with E-state index in [1.807, 2.05) is 36.7 Å². The monoisotopic (exact) mass is 259 g/mol. The Kier molecular flexibility index (Phi) is 3.85. The molecular formula is C14H17N3O2. The first-order valence-electron chi connectivity index (χ1n) is 6.03. The first-order valence-corrected chi connectivity index (χ1v) is 6.03. The Labute approximate surface area is 112 Å². The second-order valence-electron chi connectivity index (χ2n) is 4.00. The maximum absolute atomic E-state index is 5.35. The lowest BCUT2D eigenvalue weighted by Gasteiger charge is -2.11. The van der Waals surface area contributed by atoms with Crippen LogP contribution in [0.3, 0.4) is 0 Å². The molecule has 0 atom stereocenters. The van der Waals surface area contributed by atoms with Gasteiger partial charge in [0.05, 0.1) is 25.7 Å². The van der Waals surface area contributed by atoms with Crippen LogP contribution in [0.2, 0.25) is 0 Å². The molecule has 2 rings (SSSR count). The van der Waals surface area contributed by atoms with Crippen LogP contribution >= 0.6 is 0 Å². The van der Waals surface area contributed by atoms with Crippen molar-refractivity contribution in [2.75, 3.05) is 13.7 Å². The molecule has 2 heterocycles. The minimum Gasteiger partial charge on any atom is -0.492 e. The van der Waals surface area contributed by atoms with E-state index in [0.29, 0.717) is 23.9 Å². The van der Waals surface area contributed by atoms with E-state index in [9.17, 15) is 0 Å². The lowest BCUT2D eigenvalue weighted by Crippen LogP contribution is -2.01. The Bertz CT molecular complexity index is 590. The van der Waals surface area contributed by atoms with Crippen LogP contribution in [0.1, 0.15) is 18.3 Å². The number of aromatic nitrogens is 3. The minimum atomic E-state index is 0.510. The van der Waals surface area contributed by atoms with Gasteiger partial charge in [0.1, 0.15) is 17.1 Å². The van der Waals surface area contributed by atoms with Crippen molar-refractivity contribution in [2.45, 2.75) is 13.8 Å². The van der Waals surface area contributed by atoms with Crippen molar-refractivity contribution >= 4 is 5.76 Å². The molecule has 0 amide bonds. The van der Waals surface area contributed by atoms with Gasteiger partial charge in [0.15, 0.2) is 0 Å². The van der Waals surface area contributed by atoms with Crippen LogP contribution in [0.15, 0.2) is 31.2 Å². The number of methoxy groups -OCH3 is 1. The van der Waals surface area contributed by atoms with E-state index in [1.54, 1.807) is 13.4 Å². The van der Waals surface area contributed by atoms with E-state index < -0.39 is 0 Å². The van der Waals surface area contributed by atoms with Gasteiger partial charge in [-0.2, -0.15) is 0 Å². The molecule has 0 N–H and O–H groups in total. The molecule has 0 radical (unpaired) electrons. The Hall–Kier alpha value is -2.30. The number of pyridine rings is 1. The van der Waals surface area contributed by atoms with Gasteiger partial charge in [-0.1, -0.05) is 6.58 Å². The Morgan fingerprint density at radius 2 is 2.21 bits per heavy atom. The highest BCUT2D eigenvalue weighted by atomic mass is 16.5. The maximum Gasteiger partial charge on any atom is 0.238 e. The number of hydrogen-bond donors (Lipinski definition) is 0. The summed E-state index contributed by atoms with van der Waals surface area (Å²) < 4.78 is 12.5. The molecule has 0 spiro atoms. The van der Waals surface area contributed by atoms with Gasteiger partial charge >= 0.3 is 0 Å². The third-order valence-electron chi connectivity index (χ3n) is 2.63. The molecule has 0 fully saturated rings. The topological polar surface area (TPSA) is 49.2 Å². The maximum atomic E-state index is 5.35. The number of rotatable bonds is 5. The van der Waals surface area contributed by atoms with Gasteiger partial charge in [0.2, 0.25) is 5.88 Å². The van der Waals surface area contributed by atoms with Crippen LogP contribution in [0.4, 0.5) is 0 Å². The van der Waals surface area contributed by atoms with Crippen molar-refractivity contribution in [1.29, 1.82) is 0 Å². The Morgan fingerprint density at radius 1 is 1.42 bits per heavy atom. The molecule has 2 aromatic rings. The average molecular weight is 259 g/mol. The fraction of sp³-hybridized carbons (Fsp3) is 0.286. The quantitative estimate of drug-likeness (QED) is 0.774. The van der Waals surface area contributed by atoms with Crippen LogP contribution < -0.4 is 4.74 Å². The Morgan fingerprint density at radius 3 is 2.79 bits per heavy atom. The van der Waals surface area contributed by atoms with E-state index in [4.69, 9.17) is 9.47 Å². The van der Waals surface area contributed by atoms with Gasteiger partial charge in [-0.05, 0) is 26.0 Å². The summed E-state index contributed by atoms with van der Waals surface area (Å²) in [5.74, 6) is 1.05. The van der Waals surface area contributed by atoms with Gasteiger partial charge < -0.3 is 14.0 Å². The van der Waals surface area contributed by atoms with Crippen LogP contribution in [0.25, 0.3) is 11.4 Å². The molecule has 0 saturated carbocycles. The molecule has 0 bridgehead atoms. The molecule has 2 aromatic heterocycles. The minimum absolute atomic E-state index is 0.510. The summed E-state index contributed by atoms with van der Waals surface area (Å²) in [6, 6.07) is 3.76. The fourth-order valence-electron chi connectivity index (χ4n) is 1.74. The highest BCUT2D eigenvalue weighted by Crippen LogP contribution is 2.23. The van der Waals surface area contributed by atoms with Crippen LogP contribution in [-0.2, 0) is 4.74 Å². The summed E-state index contributed by atoms with van der Waals surface area (Å²) in [5, 5.41) is 0. The predicted molar refractivity (Wildman–Crippen MR) is 73.3 cm³/mol. The smallest absolute Gasteiger partial charge is 0.238 e. The second kappa shape index (κ2) is 5.56. The first-order chi connectivity index (χ1) is 9.15. The predicted octanol–water partition coefficient (Wildman–Crippen LogP) is 2.59. The summed E-state index contributed by atoms with van der Waals surface area (Å²) in [7, 11) is 1.59. The largest absolute Gasteiger partial charge is 0.492 e. The SMILES string of the molecule is C=C(OCC)c1ccc(-n2cnc(C)c2)c(OC)n1. The fourth-order valence-corrected chi connectivity index (χ4v) is 1.74. The summed E-state index contributed by atoms with van der Waals surface area (Å²) in [6.07, 6.45) is 3.64. The molecule has 0 aliphatic rings. The van der Waals surface area contributed by atoms with Crippen molar-refractivity contribution in [3.63, 3.8) is 0 Å². The number of aryl methyl sites for hydroxylation is 1. The van der Waals surface area contributed by atoms with Gasteiger partial charge in [0.25, 0.3) is 0 Å². The second-order valence-corrected chi connectivity index (χ2v) is 4.00. The van der Waals surface area contributed by atoms with Gasteiger partial charge in [0, 0.05) is 6.20 Å². The highest BCUT2D eigenvalue weighted by molar-refractivity contribution is 5.57. The molecule has 5 heteroatoms. The third-order valence-corrected chi connectivity index (χ3v) is 2.63. The lowest BCUT2D eigenvalue weighted by molar-refractivity contribution is 0.297. The number of nitrogens with zero attached hydrogens (tertiary/aromatic N) is 3. The zero-order valence-electron chi connectivity index (χ0n) is 11.4. The van der Waals surface area contributed by atoms with E-state index in [-0.39, 0.29) is 0 Å². The van der Waals surface area contributed by atoms with Crippen molar-refractivity contribution in [3.05, 3.63) is 42.6 Å². The standard InChI is InChI=1S/C14H17N3O2/c1-5-19-11(3)12-6-7-13(14(16-12)18-4)17-8-10(2)15-9-17/h6-9H,3,5H2,1-2,4H3. The van der Waals surface area contributed by atoms with Crippen molar-refractivity contribution in [2.24, 2.45) is 0 Å². The van der Waals surface area contributed by atoms with E-state index in [1.165, 1.54) is 0 Å². The molecule has 0 saturated heterocycles. The summed E-state index contributed by atoms with van der Waals surface area (Å²) in [6.45, 7) is 8.24. The van der Waals surface area contributed by atoms with Crippen molar-refractivity contribution < 1.29 is 9.47 Å². The van der Waals surface area contributed by atoms with Crippen LogP contribution in [-0.4, -0.2) is 28.3 Å². The molecule has 5 nitrogen and oxygen atoms in total.